The van der Waals surface area contributed by atoms with Gasteiger partial charge in [-0.2, -0.15) is 5.26 Å². The molecule has 3 unspecified atom stereocenters. The molecule has 0 aromatic rings. The van der Waals surface area contributed by atoms with Gasteiger partial charge in [0.1, 0.15) is 0 Å². The van der Waals surface area contributed by atoms with Gasteiger partial charge >= 0.3 is 0 Å². The van der Waals surface area contributed by atoms with Gasteiger partial charge in [-0.3, -0.25) is 9.80 Å². The predicted octanol–water partition coefficient (Wildman–Crippen LogP) is 2.87. The Bertz CT molecular complexity index is 302. The molecular formula is C16H29N3. The Balaban J connectivity index is 1.80. The highest BCUT2D eigenvalue weighted by atomic mass is 15.3. The molecule has 1 saturated carbocycles. The summed E-state index contributed by atoms with van der Waals surface area (Å²) in [7, 11) is 0. The molecular weight excluding hydrogens is 234 g/mol. The third-order valence-electron chi connectivity index (χ3n) is 4.93. The minimum Gasteiger partial charge on any atom is -0.298 e. The van der Waals surface area contributed by atoms with Gasteiger partial charge in [-0.25, -0.2) is 0 Å². The van der Waals surface area contributed by atoms with E-state index >= 15 is 0 Å². The molecule has 19 heavy (non-hydrogen) atoms. The molecule has 2 aliphatic rings. The molecule has 0 spiro atoms. The van der Waals surface area contributed by atoms with Crippen LogP contribution in [0.15, 0.2) is 0 Å². The molecule has 108 valence electrons. The van der Waals surface area contributed by atoms with Crippen molar-refractivity contribution >= 4 is 0 Å². The number of rotatable bonds is 4. The maximum atomic E-state index is 9.25. The molecule has 1 aliphatic carbocycles. The molecule has 2 rings (SSSR count). The van der Waals surface area contributed by atoms with Gasteiger partial charge in [-0.1, -0.05) is 33.1 Å². The van der Waals surface area contributed by atoms with Crippen molar-refractivity contribution < 1.29 is 0 Å². The van der Waals surface area contributed by atoms with E-state index in [2.05, 4.69) is 29.7 Å². The van der Waals surface area contributed by atoms with E-state index in [0.717, 1.165) is 37.9 Å². The van der Waals surface area contributed by atoms with Crippen LogP contribution in [-0.2, 0) is 0 Å². The average Bonchev–Trinajstić information content (AvgIpc) is 2.45. The zero-order valence-corrected chi connectivity index (χ0v) is 12.6. The predicted molar refractivity (Wildman–Crippen MR) is 78.9 cm³/mol. The molecule has 0 radical (unpaired) electrons. The Hall–Kier alpha value is -0.590. The van der Waals surface area contributed by atoms with Crippen LogP contribution in [0.1, 0.15) is 52.4 Å². The molecule has 1 heterocycles. The van der Waals surface area contributed by atoms with Crippen LogP contribution in [-0.4, -0.2) is 48.1 Å². The van der Waals surface area contributed by atoms with E-state index in [9.17, 15) is 5.26 Å². The van der Waals surface area contributed by atoms with Crippen molar-refractivity contribution in [2.24, 2.45) is 5.92 Å². The Morgan fingerprint density at radius 2 is 1.95 bits per heavy atom. The lowest BCUT2D eigenvalue weighted by Gasteiger charge is -2.43. The Morgan fingerprint density at radius 3 is 2.53 bits per heavy atom. The van der Waals surface area contributed by atoms with E-state index in [0.29, 0.717) is 0 Å². The zero-order chi connectivity index (χ0) is 13.7. The molecule has 0 amide bonds. The molecule has 0 aromatic heterocycles. The molecule has 3 nitrogen and oxygen atoms in total. The summed E-state index contributed by atoms with van der Waals surface area (Å²) in [5.41, 5.74) is 0. The van der Waals surface area contributed by atoms with Crippen LogP contribution in [0.5, 0.6) is 0 Å². The first-order chi connectivity index (χ1) is 9.24. The standard InChI is InChI=1S/C16H29N3/c1-3-5-16(13-17)19-10-8-18(9-11-19)15-7-4-6-14(2)12-15/h14-16H,3-12H2,1-2H3. The van der Waals surface area contributed by atoms with E-state index in [1.165, 1.54) is 38.8 Å². The largest absolute Gasteiger partial charge is 0.298 e. The van der Waals surface area contributed by atoms with Crippen molar-refractivity contribution in [1.29, 1.82) is 5.26 Å². The quantitative estimate of drug-likeness (QED) is 0.781. The number of hydrogen-bond donors (Lipinski definition) is 0. The Morgan fingerprint density at radius 1 is 1.21 bits per heavy atom. The van der Waals surface area contributed by atoms with Crippen molar-refractivity contribution in [3.8, 4) is 6.07 Å². The fourth-order valence-electron chi connectivity index (χ4n) is 3.75. The summed E-state index contributed by atoms with van der Waals surface area (Å²) in [5.74, 6) is 0.906. The second-order valence-electron chi connectivity index (χ2n) is 6.43. The zero-order valence-electron chi connectivity index (χ0n) is 12.6. The monoisotopic (exact) mass is 263 g/mol. The maximum absolute atomic E-state index is 9.25. The van der Waals surface area contributed by atoms with Gasteiger partial charge in [0, 0.05) is 32.2 Å². The van der Waals surface area contributed by atoms with Crippen molar-refractivity contribution in [3.05, 3.63) is 0 Å². The van der Waals surface area contributed by atoms with Crippen LogP contribution in [0.4, 0.5) is 0 Å². The topological polar surface area (TPSA) is 30.3 Å². The fraction of sp³-hybridized carbons (Fsp3) is 0.938. The van der Waals surface area contributed by atoms with Crippen LogP contribution in [0.3, 0.4) is 0 Å². The van der Waals surface area contributed by atoms with Crippen LogP contribution in [0.2, 0.25) is 0 Å². The van der Waals surface area contributed by atoms with Gasteiger partial charge in [0.25, 0.3) is 0 Å². The molecule has 0 aromatic carbocycles. The van der Waals surface area contributed by atoms with Crippen molar-refractivity contribution in [2.45, 2.75) is 64.5 Å². The van der Waals surface area contributed by atoms with E-state index in [1.54, 1.807) is 0 Å². The molecule has 0 bridgehead atoms. The smallest absolute Gasteiger partial charge is 0.0978 e. The molecule has 0 N–H and O–H groups in total. The highest BCUT2D eigenvalue weighted by Gasteiger charge is 2.29. The van der Waals surface area contributed by atoms with Gasteiger partial charge in [0.05, 0.1) is 12.1 Å². The molecule has 3 atom stereocenters. The van der Waals surface area contributed by atoms with Crippen LogP contribution >= 0.6 is 0 Å². The maximum Gasteiger partial charge on any atom is 0.0978 e. The van der Waals surface area contributed by atoms with Crippen LogP contribution in [0.25, 0.3) is 0 Å². The molecule has 3 heteroatoms. The Labute approximate surface area is 118 Å². The van der Waals surface area contributed by atoms with Crippen LogP contribution in [0, 0.1) is 17.2 Å². The highest BCUT2D eigenvalue weighted by Crippen LogP contribution is 2.28. The average molecular weight is 263 g/mol. The lowest BCUT2D eigenvalue weighted by atomic mass is 9.86. The van der Waals surface area contributed by atoms with E-state index in [1.807, 2.05) is 0 Å². The summed E-state index contributed by atoms with van der Waals surface area (Å²) < 4.78 is 0. The molecule has 1 saturated heterocycles. The second kappa shape index (κ2) is 7.26. The van der Waals surface area contributed by atoms with E-state index in [4.69, 9.17) is 0 Å². The normalized spacial score (nSPS) is 31.8. The van der Waals surface area contributed by atoms with Gasteiger partial charge in [-0.05, 0) is 25.2 Å². The Kier molecular flexibility index (Phi) is 5.66. The van der Waals surface area contributed by atoms with Gasteiger partial charge in [0.15, 0.2) is 0 Å². The number of hydrogen-bond acceptors (Lipinski definition) is 3. The lowest BCUT2D eigenvalue weighted by Crippen LogP contribution is -2.53. The van der Waals surface area contributed by atoms with E-state index in [-0.39, 0.29) is 6.04 Å². The summed E-state index contributed by atoms with van der Waals surface area (Å²) >= 11 is 0. The third-order valence-corrected chi connectivity index (χ3v) is 4.93. The van der Waals surface area contributed by atoms with Crippen molar-refractivity contribution in [3.63, 3.8) is 0 Å². The molecule has 1 aliphatic heterocycles. The first kappa shape index (κ1) is 14.8. The summed E-state index contributed by atoms with van der Waals surface area (Å²) in [6, 6.07) is 3.45. The SMILES string of the molecule is CCCC(C#N)N1CCN(C2CCCC(C)C2)CC1. The van der Waals surface area contributed by atoms with E-state index < -0.39 is 0 Å². The summed E-state index contributed by atoms with van der Waals surface area (Å²) in [4.78, 5) is 5.08. The third kappa shape index (κ3) is 3.94. The summed E-state index contributed by atoms with van der Waals surface area (Å²) in [5, 5.41) is 9.25. The minimum atomic E-state index is 0.150. The number of piperazine rings is 1. The van der Waals surface area contributed by atoms with Gasteiger partial charge in [-0.15, -0.1) is 0 Å². The summed E-state index contributed by atoms with van der Waals surface area (Å²) in [6.07, 6.45) is 7.74. The first-order valence-corrected chi connectivity index (χ1v) is 8.12. The van der Waals surface area contributed by atoms with Gasteiger partial charge < -0.3 is 0 Å². The highest BCUT2D eigenvalue weighted by molar-refractivity contribution is 4.94. The van der Waals surface area contributed by atoms with Crippen molar-refractivity contribution in [2.75, 3.05) is 26.2 Å². The number of nitriles is 1. The summed E-state index contributed by atoms with van der Waals surface area (Å²) in [6.45, 7) is 9.07. The minimum absolute atomic E-state index is 0.150. The fourth-order valence-corrected chi connectivity index (χ4v) is 3.75. The van der Waals surface area contributed by atoms with Gasteiger partial charge in [0.2, 0.25) is 0 Å². The molecule has 2 fully saturated rings. The van der Waals surface area contributed by atoms with Crippen LogP contribution < -0.4 is 0 Å². The van der Waals surface area contributed by atoms with Crippen molar-refractivity contribution in [1.82, 2.24) is 9.80 Å². The second-order valence-corrected chi connectivity index (χ2v) is 6.43. The lowest BCUT2D eigenvalue weighted by molar-refractivity contribution is 0.0576. The first-order valence-electron chi connectivity index (χ1n) is 8.12. The number of nitrogens with zero attached hydrogens (tertiary/aromatic N) is 3.